The van der Waals surface area contributed by atoms with Gasteiger partial charge in [-0.15, -0.1) is 0 Å². The Bertz CT molecular complexity index is 788. The maximum atomic E-state index is 12.2. The summed E-state index contributed by atoms with van der Waals surface area (Å²) in [6, 6.07) is 15.4. The third-order valence-electron chi connectivity index (χ3n) is 4.20. The summed E-state index contributed by atoms with van der Waals surface area (Å²) in [5.41, 5.74) is 5.08. The molecular formula is C21H20O3. The first kappa shape index (κ1) is 16.2. The highest BCUT2D eigenvalue weighted by Crippen LogP contribution is 2.26. The summed E-state index contributed by atoms with van der Waals surface area (Å²) in [5.74, 6) is -0.207. The summed E-state index contributed by atoms with van der Waals surface area (Å²) in [6.07, 6.45) is 4.24. The molecule has 0 spiro atoms. The molecule has 1 aliphatic rings. The molecule has 0 heterocycles. The average molecular weight is 320 g/mol. The van der Waals surface area contributed by atoms with Crippen molar-refractivity contribution >= 4 is 11.8 Å². The van der Waals surface area contributed by atoms with E-state index in [1.807, 2.05) is 48.5 Å². The molecule has 0 bridgehead atoms. The van der Waals surface area contributed by atoms with E-state index in [0.717, 1.165) is 30.4 Å². The first-order valence-electron chi connectivity index (χ1n) is 8.14. The lowest BCUT2D eigenvalue weighted by Crippen LogP contribution is -2.10. The fraction of sp³-hybridized carbons (Fsp3) is 0.238. The van der Waals surface area contributed by atoms with Gasteiger partial charge in [0.2, 0.25) is 0 Å². The van der Waals surface area contributed by atoms with Crippen LogP contribution in [0.25, 0.3) is 0 Å². The molecule has 122 valence electrons. The highest BCUT2D eigenvalue weighted by molar-refractivity contribution is 5.90. The van der Waals surface area contributed by atoms with Gasteiger partial charge in [-0.05, 0) is 61.1 Å². The van der Waals surface area contributed by atoms with Crippen molar-refractivity contribution in [1.29, 1.82) is 0 Å². The molecule has 0 unspecified atom stereocenters. The summed E-state index contributed by atoms with van der Waals surface area (Å²) in [7, 11) is 0. The summed E-state index contributed by atoms with van der Waals surface area (Å²) >= 11 is 0. The van der Waals surface area contributed by atoms with Crippen LogP contribution in [0.2, 0.25) is 0 Å². The monoisotopic (exact) mass is 320 g/mol. The molecule has 0 saturated carbocycles. The number of allylic oxidation sites excluding steroid dienone is 2. The number of aryl methyl sites for hydroxylation is 1. The van der Waals surface area contributed by atoms with Gasteiger partial charge in [-0.2, -0.15) is 0 Å². The second-order valence-corrected chi connectivity index (χ2v) is 6.14. The molecule has 0 aromatic heterocycles. The first-order valence-corrected chi connectivity index (χ1v) is 8.14. The average Bonchev–Trinajstić information content (AvgIpc) is 2.59. The van der Waals surface area contributed by atoms with Crippen LogP contribution >= 0.6 is 0 Å². The lowest BCUT2D eigenvalue weighted by Gasteiger charge is -2.19. The Morgan fingerprint density at radius 3 is 2.58 bits per heavy atom. The van der Waals surface area contributed by atoms with Crippen LogP contribution in [0.15, 0.2) is 60.2 Å². The molecule has 0 fully saturated rings. The number of ketones is 1. The van der Waals surface area contributed by atoms with Crippen LogP contribution in [0.4, 0.5) is 0 Å². The third-order valence-corrected chi connectivity index (χ3v) is 4.20. The molecule has 3 heteroatoms. The van der Waals surface area contributed by atoms with Gasteiger partial charge in [0.25, 0.3) is 0 Å². The van der Waals surface area contributed by atoms with Crippen LogP contribution in [-0.4, -0.2) is 11.8 Å². The van der Waals surface area contributed by atoms with Gasteiger partial charge >= 0.3 is 5.97 Å². The number of carbonyl (C=O) groups is 2. The maximum Gasteiger partial charge on any atom is 0.338 e. The normalized spacial score (nSPS) is 15.0. The number of hydrogen-bond acceptors (Lipinski definition) is 3. The zero-order valence-corrected chi connectivity index (χ0v) is 13.7. The minimum Gasteiger partial charge on any atom is -0.457 e. The van der Waals surface area contributed by atoms with Gasteiger partial charge in [-0.3, -0.25) is 4.79 Å². The van der Waals surface area contributed by atoms with Crippen molar-refractivity contribution in [2.75, 3.05) is 0 Å². The van der Waals surface area contributed by atoms with E-state index in [1.165, 1.54) is 11.1 Å². The summed E-state index contributed by atoms with van der Waals surface area (Å²) in [6.45, 7) is 1.86. The van der Waals surface area contributed by atoms with Crippen molar-refractivity contribution in [2.24, 2.45) is 0 Å². The van der Waals surface area contributed by atoms with Crippen molar-refractivity contribution < 1.29 is 14.3 Å². The second kappa shape index (κ2) is 7.26. The Balaban J connectivity index is 1.68. The molecule has 0 aliphatic heterocycles. The van der Waals surface area contributed by atoms with E-state index in [9.17, 15) is 9.59 Å². The van der Waals surface area contributed by atoms with Crippen molar-refractivity contribution in [3.8, 4) is 0 Å². The fourth-order valence-electron chi connectivity index (χ4n) is 3.00. The minimum atomic E-state index is -0.299. The van der Waals surface area contributed by atoms with E-state index in [2.05, 4.69) is 0 Å². The molecule has 2 aromatic carbocycles. The Labute approximate surface area is 142 Å². The number of benzene rings is 2. The molecule has 3 rings (SSSR count). The predicted octanol–water partition coefficient (Wildman–Crippen LogP) is 4.05. The molecule has 0 saturated heterocycles. The smallest absolute Gasteiger partial charge is 0.338 e. The van der Waals surface area contributed by atoms with Gasteiger partial charge in [0.1, 0.15) is 6.61 Å². The Morgan fingerprint density at radius 2 is 1.83 bits per heavy atom. The van der Waals surface area contributed by atoms with Gasteiger partial charge in [0.05, 0.1) is 5.56 Å². The van der Waals surface area contributed by atoms with Crippen molar-refractivity contribution in [3.63, 3.8) is 0 Å². The molecular weight excluding hydrogens is 300 g/mol. The largest absolute Gasteiger partial charge is 0.457 e. The molecule has 3 nitrogen and oxygen atoms in total. The van der Waals surface area contributed by atoms with Gasteiger partial charge in [-0.1, -0.05) is 42.0 Å². The molecule has 0 radical (unpaired) electrons. The fourth-order valence-corrected chi connectivity index (χ4v) is 3.00. The van der Waals surface area contributed by atoms with Gasteiger partial charge in [0.15, 0.2) is 5.78 Å². The zero-order chi connectivity index (χ0) is 16.9. The summed E-state index contributed by atoms with van der Waals surface area (Å²) < 4.78 is 5.38. The molecule has 0 N–H and O–H groups in total. The predicted molar refractivity (Wildman–Crippen MR) is 92.8 cm³/mol. The number of ether oxygens (including phenoxy) is 1. The quantitative estimate of drug-likeness (QED) is 0.630. The van der Waals surface area contributed by atoms with Crippen LogP contribution < -0.4 is 0 Å². The van der Waals surface area contributed by atoms with Crippen molar-refractivity contribution in [3.05, 3.63) is 82.4 Å². The highest BCUT2D eigenvalue weighted by Gasteiger charge is 2.16. The van der Waals surface area contributed by atoms with Crippen LogP contribution in [-0.2, 0) is 29.0 Å². The van der Waals surface area contributed by atoms with E-state index in [0.29, 0.717) is 5.56 Å². The number of esters is 1. The third kappa shape index (κ3) is 3.99. The van der Waals surface area contributed by atoms with E-state index < -0.39 is 0 Å². The summed E-state index contributed by atoms with van der Waals surface area (Å²) in [5, 5.41) is 0. The van der Waals surface area contributed by atoms with E-state index in [4.69, 9.17) is 4.74 Å². The number of carbonyl (C=O) groups excluding carboxylic acids is 2. The molecule has 24 heavy (non-hydrogen) atoms. The van der Waals surface area contributed by atoms with E-state index >= 15 is 0 Å². The lowest BCUT2D eigenvalue weighted by atomic mass is 9.86. The molecule has 0 amide bonds. The standard InChI is InChI=1S/C21H20O3/c1-15(22)11-17-7-8-19-13-20(10-9-18(19)12-17)21(23)24-14-16-5-3-2-4-6-16/h2-6,9-11,13H,7-8,12,14H2,1H3/b17-11+. The number of rotatable bonds is 4. The summed E-state index contributed by atoms with van der Waals surface area (Å²) in [4.78, 5) is 23.5. The SMILES string of the molecule is CC(=O)/C=C1\CCc2cc(C(=O)OCc3ccccc3)ccc2C1. The highest BCUT2D eigenvalue weighted by atomic mass is 16.5. The van der Waals surface area contributed by atoms with E-state index in [1.54, 1.807) is 13.0 Å². The second-order valence-electron chi connectivity index (χ2n) is 6.14. The van der Waals surface area contributed by atoms with Crippen LogP contribution in [0.3, 0.4) is 0 Å². The van der Waals surface area contributed by atoms with Crippen LogP contribution in [0.1, 0.15) is 40.4 Å². The first-order chi connectivity index (χ1) is 11.6. The Morgan fingerprint density at radius 1 is 1.04 bits per heavy atom. The lowest BCUT2D eigenvalue weighted by molar-refractivity contribution is -0.112. The Hall–Kier alpha value is -2.68. The Kier molecular flexibility index (Phi) is 4.90. The maximum absolute atomic E-state index is 12.2. The number of fused-ring (bicyclic) bond motifs is 1. The van der Waals surface area contributed by atoms with E-state index in [-0.39, 0.29) is 18.4 Å². The topological polar surface area (TPSA) is 43.4 Å². The van der Waals surface area contributed by atoms with Crippen LogP contribution in [0, 0.1) is 0 Å². The van der Waals surface area contributed by atoms with Crippen molar-refractivity contribution in [2.45, 2.75) is 32.8 Å². The van der Waals surface area contributed by atoms with Gasteiger partial charge < -0.3 is 4.74 Å². The van der Waals surface area contributed by atoms with Gasteiger partial charge in [-0.25, -0.2) is 4.79 Å². The molecule has 0 atom stereocenters. The van der Waals surface area contributed by atoms with Crippen molar-refractivity contribution in [1.82, 2.24) is 0 Å². The minimum absolute atomic E-state index is 0.0922. The zero-order valence-electron chi connectivity index (χ0n) is 13.7. The number of hydrogen-bond donors (Lipinski definition) is 0. The molecule has 2 aromatic rings. The van der Waals surface area contributed by atoms with Crippen LogP contribution in [0.5, 0.6) is 0 Å². The molecule has 1 aliphatic carbocycles. The van der Waals surface area contributed by atoms with Gasteiger partial charge in [0, 0.05) is 0 Å².